The van der Waals surface area contributed by atoms with Crippen LogP contribution in [0.5, 0.6) is 0 Å². The Balaban J connectivity index is 1.30. The fraction of sp³-hybridized carbons (Fsp3) is 0.550. The summed E-state index contributed by atoms with van der Waals surface area (Å²) in [6, 6.07) is 8.48. The van der Waals surface area contributed by atoms with Gasteiger partial charge >= 0.3 is 0 Å². The van der Waals surface area contributed by atoms with Gasteiger partial charge in [-0.3, -0.25) is 14.6 Å². The van der Waals surface area contributed by atoms with Gasteiger partial charge < -0.3 is 9.42 Å². The summed E-state index contributed by atoms with van der Waals surface area (Å²) in [5, 5.41) is 3.96. The fourth-order valence-corrected chi connectivity index (χ4v) is 4.00. The summed E-state index contributed by atoms with van der Waals surface area (Å²) in [5.41, 5.74) is 2.77. The van der Waals surface area contributed by atoms with Crippen LogP contribution >= 0.6 is 0 Å². The van der Waals surface area contributed by atoms with Gasteiger partial charge in [0.1, 0.15) is 0 Å². The van der Waals surface area contributed by atoms with Crippen LogP contribution in [0.25, 0.3) is 0 Å². The van der Waals surface area contributed by atoms with Crippen LogP contribution in [0.15, 0.2) is 28.8 Å². The van der Waals surface area contributed by atoms with Gasteiger partial charge in [0.2, 0.25) is 11.8 Å². The minimum absolute atomic E-state index is 0.0789. The van der Waals surface area contributed by atoms with Gasteiger partial charge in [-0.1, -0.05) is 29.4 Å². The van der Waals surface area contributed by atoms with Crippen LogP contribution < -0.4 is 0 Å². The Bertz CT molecular complexity index is 797. The van der Waals surface area contributed by atoms with E-state index in [0.717, 1.165) is 45.7 Å². The van der Waals surface area contributed by atoms with E-state index in [9.17, 15) is 4.79 Å². The monoisotopic (exact) mass is 369 g/mol. The standard InChI is InChI=1S/C20H27N5O2/c1-15(25-8-7-17-5-3-4-6-18(17)13-25)20(26)24-11-9-23(10-12-24)14-19-21-16(2)27-22-19/h3-6,15H,7-14H2,1-2H3/t15-/m1/s1. The van der Waals surface area contributed by atoms with Gasteiger partial charge in [0.05, 0.1) is 12.6 Å². The van der Waals surface area contributed by atoms with Gasteiger partial charge in [0.25, 0.3) is 0 Å². The van der Waals surface area contributed by atoms with Crippen LogP contribution in [-0.2, 0) is 24.3 Å². The van der Waals surface area contributed by atoms with Gasteiger partial charge in [-0.05, 0) is 24.5 Å². The third-order valence-electron chi connectivity index (χ3n) is 5.68. The van der Waals surface area contributed by atoms with Crippen molar-refractivity contribution in [2.45, 2.75) is 39.4 Å². The number of hydrogen-bond donors (Lipinski definition) is 0. The SMILES string of the molecule is Cc1nc(CN2CCN(C(=O)[C@@H](C)N3CCc4ccccc4C3)CC2)no1. The lowest BCUT2D eigenvalue weighted by atomic mass is 9.98. The first kappa shape index (κ1) is 18.1. The summed E-state index contributed by atoms with van der Waals surface area (Å²) in [4.78, 5) is 23.8. The molecule has 0 unspecified atom stereocenters. The zero-order chi connectivity index (χ0) is 18.8. The van der Waals surface area contributed by atoms with Crippen LogP contribution in [0.4, 0.5) is 0 Å². The van der Waals surface area contributed by atoms with Crippen molar-refractivity contribution in [3.8, 4) is 0 Å². The van der Waals surface area contributed by atoms with Gasteiger partial charge in [-0.2, -0.15) is 4.98 Å². The Morgan fingerprint density at radius 1 is 1.15 bits per heavy atom. The lowest BCUT2D eigenvalue weighted by Gasteiger charge is -2.39. The minimum atomic E-state index is -0.0789. The molecule has 7 nitrogen and oxygen atoms in total. The second-order valence-corrected chi connectivity index (χ2v) is 7.50. The smallest absolute Gasteiger partial charge is 0.239 e. The van der Waals surface area contributed by atoms with E-state index >= 15 is 0 Å². The molecule has 1 amide bonds. The number of nitrogens with zero attached hydrogens (tertiary/aromatic N) is 5. The number of amides is 1. The predicted octanol–water partition coefficient (Wildman–Crippen LogP) is 1.47. The first-order valence-corrected chi connectivity index (χ1v) is 9.71. The van der Waals surface area contributed by atoms with E-state index in [1.807, 2.05) is 11.8 Å². The summed E-state index contributed by atoms with van der Waals surface area (Å²) in [7, 11) is 0. The third kappa shape index (κ3) is 4.04. The lowest BCUT2D eigenvalue weighted by molar-refractivity contribution is -0.138. The maximum Gasteiger partial charge on any atom is 0.239 e. The number of aryl methyl sites for hydroxylation is 1. The normalized spacial score (nSPS) is 19.7. The number of benzene rings is 1. The van der Waals surface area contributed by atoms with Crippen molar-refractivity contribution < 1.29 is 9.32 Å². The second kappa shape index (κ2) is 7.78. The van der Waals surface area contributed by atoms with Crippen molar-refractivity contribution in [3.05, 3.63) is 47.1 Å². The molecule has 1 fully saturated rings. The molecule has 0 N–H and O–H groups in total. The van der Waals surface area contributed by atoms with E-state index < -0.39 is 0 Å². The molecular weight excluding hydrogens is 342 g/mol. The van der Waals surface area contributed by atoms with E-state index in [0.29, 0.717) is 18.3 Å². The predicted molar refractivity (Wildman–Crippen MR) is 101 cm³/mol. The quantitative estimate of drug-likeness (QED) is 0.813. The van der Waals surface area contributed by atoms with Crippen molar-refractivity contribution in [1.29, 1.82) is 0 Å². The van der Waals surface area contributed by atoms with E-state index in [2.05, 4.69) is 44.2 Å². The number of carbonyl (C=O) groups is 1. The molecule has 7 heteroatoms. The Morgan fingerprint density at radius 3 is 2.59 bits per heavy atom. The molecule has 1 saturated heterocycles. The number of rotatable bonds is 4. The molecule has 1 atom stereocenters. The van der Waals surface area contributed by atoms with Crippen LogP contribution in [-0.4, -0.2) is 69.5 Å². The first-order chi connectivity index (χ1) is 13.1. The molecule has 0 radical (unpaired) electrons. The topological polar surface area (TPSA) is 65.7 Å². The highest BCUT2D eigenvalue weighted by molar-refractivity contribution is 5.81. The minimum Gasteiger partial charge on any atom is -0.340 e. The van der Waals surface area contributed by atoms with Crippen LogP contribution in [0.1, 0.15) is 29.8 Å². The number of carbonyl (C=O) groups excluding carboxylic acids is 1. The lowest BCUT2D eigenvalue weighted by Crippen LogP contribution is -2.54. The molecule has 2 aromatic rings. The summed E-state index contributed by atoms with van der Waals surface area (Å²) in [5.74, 6) is 1.55. The van der Waals surface area contributed by atoms with Crippen LogP contribution in [0, 0.1) is 6.92 Å². The molecule has 144 valence electrons. The van der Waals surface area contributed by atoms with E-state index in [4.69, 9.17) is 4.52 Å². The molecule has 4 rings (SSSR count). The first-order valence-electron chi connectivity index (χ1n) is 9.71. The molecule has 27 heavy (non-hydrogen) atoms. The summed E-state index contributed by atoms with van der Waals surface area (Å²) in [6.45, 7) is 9.52. The molecular formula is C20H27N5O2. The van der Waals surface area contributed by atoms with Crippen molar-refractivity contribution in [2.75, 3.05) is 32.7 Å². The van der Waals surface area contributed by atoms with Gasteiger partial charge in [0, 0.05) is 46.2 Å². The summed E-state index contributed by atoms with van der Waals surface area (Å²) >= 11 is 0. The largest absolute Gasteiger partial charge is 0.340 e. The fourth-order valence-electron chi connectivity index (χ4n) is 4.00. The highest BCUT2D eigenvalue weighted by Gasteiger charge is 2.30. The average Bonchev–Trinajstić information content (AvgIpc) is 3.11. The van der Waals surface area contributed by atoms with E-state index in [1.165, 1.54) is 11.1 Å². The number of hydrogen-bond acceptors (Lipinski definition) is 6. The van der Waals surface area contributed by atoms with Crippen LogP contribution in [0.3, 0.4) is 0 Å². The molecule has 1 aromatic heterocycles. The van der Waals surface area contributed by atoms with Gasteiger partial charge in [-0.25, -0.2) is 0 Å². The molecule has 0 bridgehead atoms. The van der Waals surface area contributed by atoms with Gasteiger partial charge in [-0.15, -0.1) is 0 Å². The molecule has 1 aromatic carbocycles. The Hall–Kier alpha value is -2.25. The van der Waals surface area contributed by atoms with Crippen molar-refractivity contribution >= 4 is 5.91 Å². The summed E-state index contributed by atoms with van der Waals surface area (Å²) < 4.78 is 5.03. The third-order valence-corrected chi connectivity index (χ3v) is 5.68. The van der Waals surface area contributed by atoms with Gasteiger partial charge in [0.15, 0.2) is 5.82 Å². The molecule has 0 aliphatic carbocycles. The van der Waals surface area contributed by atoms with Crippen molar-refractivity contribution in [1.82, 2.24) is 24.8 Å². The molecule has 2 aliphatic rings. The highest BCUT2D eigenvalue weighted by Crippen LogP contribution is 2.21. The molecule has 0 saturated carbocycles. The number of aromatic nitrogens is 2. The maximum atomic E-state index is 13.0. The second-order valence-electron chi connectivity index (χ2n) is 7.50. The van der Waals surface area contributed by atoms with Crippen LogP contribution in [0.2, 0.25) is 0 Å². The Kier molecular flexibility index (Phi) is 5.22. The average molecular weight is 369 g/mol. The van der Waals surface area contributed by atoms with E-state index in [1.54, 1.807) is 6.92 Å². The molecule has 0 spiro atoms. The Labute approximate surface area is 159 Å². The van der Waals surface area contributed by atoms with Crippen molar-refractivity contribution in [3.63, 3.8) is 0 Å². The summed E-state index contributed by atoms with van der Waals surface area (Å²) in [6.07, 6.45) is 1.02. The zero-order valence-electron chi connectivity index (χ0n) is 16.1. The van der Waals surface area contributed by atoms with Crippen molar-refractivity contribution in [2.24, 2.45) is 0 Å². The number of piperazine rings is 1. The zero-order valence-corrected chi connectivity index (χ0v) is 16.1. The Morgan fingerprint density at radius 2 is 1.89 bits per heavy atom. The maximum absolute atomic E-state index is 13.0. The highest BCUT2D eigenvalue weighted by atomic mass is 16.5. The molecule has 3 heterocycles. The number of fused-ring (bicyclic) bond motifs is 1. The van der Waals surface area contributed by atoms with E-state index in [-0.39, 0.29) is 11.9 Å². The molecule has 2 aliphatic heterocycles.